The number of carboxylic acids is 1. The summed E-state index contributed by atoms with van der Waals surface area (Å²) in [5, 5.41) is 24.1. The number of allylic oxidation sites excluding steroid dienone is 1. The van der Waals surface area contributed by atoms with E-state index in [0.717, 1.165) is 28.0 Å². The number of nitrogens with one attached hydrogen (secondary N) is 5. The van der Waals surface area contributed by atoms with Crippen LogP contribution in [0.25, 0.3) is 11.6 Å². The number of hydrogen-bond acceptors (Lipinski definition) is 8. The molecule has 0 fully saturated rings. The molecular weight excluding hydrogens is 911 g/mol. The van der Waals surface area contributed by atoms with Gasteiger partial charge in [0.25, 0.3) is 0 Å². The van der Waals surface area contributed by atoms with Crippen molar-refractivity contribution in [2.75, 3.05) is 24.3 Å². The monoisotopic (exact) mass is 990 g/mol. The molecule has 0 saturated carbocycles. The Balaban J connectivity index is 1.35. The van der Waals surface area contributed by atoms with Gasteiger partial charge < -0.3 is 41.5 Å². The summed E-state index contributed by atoms with van der Waals surface area (Å²) in [6.07, 6.45) is 4.93. The third-order valence-electron chi connectivity index (χ3n) is 13.5. The lowest BCUT2D eigenvalue weighted by molar-refractivity contribution is -0.141. The van der Waals surface area contributed by atoms with Crippen LogP contribution in [-0.4, -0.2) is 95.7 Å². The van der Waals surface area contributed by atoms with Gasteiger partial charge in [-0.2, -0.15) is 0 Å². The fraction of sp³-hybridized carbons (Fsp3) is 0.491. The van der Waals surface area contributed by atoms with Crippen molar-refractivity contribution in [2.45, 2.75) is 151 Å². The number of carboxylic acid groups (broad SMARTS) is 1. The number of rotatable bonds is 21. The average Bonchev–Trinajstić information content (AvgIpc) is 3.31. The molecule has 0 saturated heterocycles. The van der Waals surface area contributed by atoms with E-state index in [9.17, 15) is 38.7 Å². The van der Waals surface area contributed by atoms with Crippen molar-refractivity contribution in [1.82, 2.24) is 26.2 Å². The molecule has 6 N–H and O–H groups in total. The maximum Gasteiger partial charge on any atom is 0.331 e. The van der Waals surface area contributed by atoms with Gasteiger partial charge in [0.2, 0.25) is 35.4 Å². The van der Waals surface area contributed by atoms with Crippen molar-refractivity contribution in [3.63, 3.8) is 0 Å². The van der Waals surface area contributed by atoms with E-state index in [1.54, 1.807) is 59.1 Å². The minimum Gasteiger partial charge on any atom is -0.478 e. The molecule has 4 rings (SSSR count). The number of anilines is 2. The second-order valence-corrected chi connectivity index (χ2v) is 21.4. The molecule has 1 unspecified atom stereocenters. The highest BCUT2D eigenvalue weighted by atomic mass is 16.4. The van der Waals surface area contributed by atoms with Crippen LogP contribution in [0.5, 0.6) is 0 Å². The van der Waals surface area contributed by atoms with Gasteiger partial charge in [0.1, 0.15) is 18.1 Å². The van der Waals surface area contributed by atoms with Crippen molar-refractivity contribution >= 4 is 64.4 Å². The maximum atomic E-state index is 14.2. The Kier molecular flexibility index (Phi) is 20.3. The molecule has 3 aromatic rings. The Labute approximate surface area is 427 Å². The lowest BCUT2D eigenvalue weighted by atomic mass is 9.76. The summed E-state index contributed by atoms with van der Waals surface area (Å²) in [4.78, 5) is 97.5. The van der Waals surface area contributed by atoms with Gasteiger partial charge in [0, 0.05) is 36.6 Å². The molecule has 0 aromatic heterocycles. The summed E-state index contributed by atoms with van der Waals surface area (Å²) < 4.78 is 0. The predicted molar refractivity (Wildman–Crippen MR) is 286 cm³/mol. The molecule has 3 aromatic carbocycles. The van der Waals surface area contributed by atoms with E-state index >= 15 is 0 Å². The Morgan fingerprint density at radius 1 is 0.764 bits per heavy atom. The second-order valence-electron chi connectivity index (χ2n) is 21.4. The third kappa shape index (κ3) is 15.0. The lowest BCUT2D eigenvalue weighted by Crippen LogP contribution is -2.61. The second kappa shape index (κ2) is 25.2. The molecule has 0 radical (unpaired) electrons. The Morgan fingerprint density at radius 3 is 2.03 bits per heavy atom. The zero-order chi connectivity index (χ0) is 53.8. The number of aliphatic carboxylic acids is 1. The number of fused-ring (bicyclic) bond motifs is 2. The summed E-state index contributed by atoms with van der Waals surface area (Å²) >= 11 is 0. The normalized spacial score (nSPS) is 15.8. The molecule has 15 nitrogen and oxygen atoms in total. The van der Waals surface area contributed by atoms with Crippen molar-refractivity contribution in [3.8, 4) is 0 Å². The van der Waals surface area contributed by atoms with Gasteiger partial charge in [-0.05, 0) is 110 Å². The van der Waals surface area contributed by atoms with Gasteiger partial charge in [-0.3, -0.25) is 28.8 Å². The van der Waals surface area contributed by atoms with Gasteiger partial charge in [0.15, 0.2) is 0 Å². The fourth-order valence-electron chi connectivity index (χ4n) is 9.07. The van der Waals surface area contributed by atoms with Crippen molar-refractivity contribution < 1.29 is 38.7 Å². The molecule has 0 spiro atoms. The van der Waals surface area contributed by atoms with Crippen LogP contribution in [0.3, 0.4) is 0 Å². The first-order valence-electron chi connectivity index (χ1n) is 25.0. The molecule has 6 amide bonds. The quantitative estimate of drug-likeness (QED) is 0.0454. The molecule has 72 heavy (non-hydrogen) atoms. The highest BCUT2D eigenvalue weighted by Crippen LogP contribution is 2.34. The van der Waals surface area contributed by atoms with Crippen LogP contribution in [0.2, 0.25) is 0 Å². The Morgan fingerprint density at radius 2 is 1.40 bits per heavy atom. The molecular formula is C57H79N7O8. The van der Waals surface area contributed by atoms with E-state index in [1.807, 2.05) is 102 Å². The molecule has 0 aliphatic carbocycles. The Bertz CT molecular complexity index is 2520. The topological polar surface area (TPSA) is 206 Å². The summed E-state index contributed by atoms with van der Waals surface area (Å²) in [5.41, 5.74) is 4.72. The van der Waals surface area contributed by atoms with Crippen LogP contribution in [0.15, 0.2) is 84.4 Å². The first-order valence-corrected chi connectivity index (χ1v) is 25.0. The molecule has 390 valence electrons. The molecule has 5 atom stereocenters. The van der Waals surface area contributed by atoms with Crippen LogP contribution in [0.1, 0.15) is 131 Å². The van der Waals surface area contributed by atoms with Gasteiger partial charge in [-0.15, -0.1) is 0 Å². The average molecular weight is 990 g/mol. The van der Waals surface area contributed by atoms with Crippen LogP contribution in [0, 0.1) is 17.3 Å². The number of hydrogen-bond donors (Lipinski definition) is 6. The van der Waals surface area contributed by atoms with Crippen LogP contribution < -0.4 is 31.5 Å². The zero-order valence-corrected chi connectivity index (χ0v) is 44.9. The number of amides is 6. The van der Waals surface area contributed by atoms with Crippen LogP contribution >= 0.6 is 0 Å². The lowest BCUT2D eigenvalue weighted by Gasteiger charge is -2.40. The molecule has 1 aliphatic rings. The SMILES string of the molecule is CNC(C(=O)N[C@H](C(=O)N(C)[C@H](/C=C(\C)C(=O)O)C(C)C)C(C)(C)C)C(C)(C)c1cccc(NC(=O)[C@H](C)NC(=O)[C@@H](NC(=O)CCCCC(=O)N2Cc3ccccc3/C(C)=C\c3ccccc32)C(C)C)c1. The van der Waals surface area contributed by atoms with Gasteiger partial charge >= 0.3 is 5.97 Å². The number of carbonyl (C=O) groups is 7. The number of para-hydroxylation sites is 1. The van der Waals surface area contributed by atoms with E-state index in [2.05, 4.69) is 45.7 Å². The Hall–Kier alpha value is -6.61. The number of benzene rings is 3. The van der Waals surface area contributed by atoms with E-state index < -0.39 is 64.7 Å². The van der Waals surface area contributed by atoms with Gasteiger partial charge in [-0.25, -0.2) is 4.79 Å². The maximum absolute atomic E-state index is 14.2. The summed E-state index contributed by atoms with van der Waals surface area (Å²) in [6, 6.07) is 18.7. The molecule has 0 bridgehead atoms. The first-order chi connectivity index (χ1) is 33.7. The summed E-state index contributed by atoms with van der Waals surface area (Å²) in [7, 11) is 3.27. The number of likely N-dealkylation sites (N-methyl/N-ethyl adjacent to an activating group) is 2. The smallest absolute Gasteiger partial charge is 0.331 e. The summed E-state index contributed by atoms with van der Waals surface area (Å²) in [5.74, 6) is -3.67. The minimum atomic E-state index is -1.08. The third-order valence-corrected chi connectivity index (χ3v) is 13.5. The van der Waals surface area contributed by atoms with E-state index in [1.165, 1.54) is 11.8 Å². The van der Waals surface area contributed by atoms with E-state index in [0.29, 0.717) is 30.6 Å². The molecule has 1 aliphatic heterocycles. The number of carbonyl (C=O) groups excluding carboxylic acids is 6. The van der Waals surface area contributed by atoms with E-state index in [4.69, 9.17) is 0 Å². The zero-order valence-electron chi connectivity index (χ0n) is 44.9. The first kappa shape index (κ1) is 58.0. The predicted octanol–water partition coefficient (Wildman–Crippen LogP) is 7.85. The fourth-order valence-corrected chi connectivity index (χ4v) is 9.07. The van der Waals surface area contributed by atoms with Crippen molar-refractivity contribution in [2.24, 2.45) is 17.3 Å². The number of nitrogens with zero attached hydrogens (tertiary/aromatic N) is 2. The van der Waals surface area contributed by atoms with Gasteiger partial charge in [-0.1, -0.05) is 123 Å². The summed E-state index contributed by atoms with van der Waals surface area (Å²) in [6.45, 7) is 22.3. The minimum absolute atomic E-state index is 0.0390. The van der Waals surface area contributed by atoms with Crippen molar-refractivity contribution in [1.29, 1.82) is 0 Å². The number of unbranched alkanes of at least 4 members (excludes halogenated alkanes) is 1. The van der Waals surface area contributed by atoms with Crippen molar-refractivity contribution in [3.05, 3.63) is 107 Å². The molecule has 1 heterocycles. The standard InChI is InChI=1S/C57H79N7O8/c1-34(2)45(31-37(6)55(71)72)63(14)54(70)50(56(8,9)10)62-53(69)49(58-13)57(11,12)41-24-21-25-42(32-41)60-51(67)38(7)59-52(68)48(35(3)4)61-46(65)28-19-20-29-47(66)64-33-40-23-15-17-26-43(40)36(5)30-39-22-16-18-27-44(39)64/h15-18,21-27,30-32,34-35,38,45,48-50,58H,19-20,28-29,33H2,1-14H3,(H,59,68)(H,60,67)(H,61,65)(H,62,69)(H,71,72)/b36-30-,37-31+/t38-,45+,48-,49?,50+/m0/s1. The molecule has 15 heteroatoms. The largest absolute Gasteiger partial charge is 0.478 e. The van der Waals surface area contributed by atoms with Crippen LogP contribution in [-0.2, 0) is 45.5 Å². The van der Waals surface area contributed by atoms with Gasteiger partial charge in [0.05, 0.1) is 24.3 Å². The van der Waals surface area contributed by atoms with E-state index in [-0.39, 0.29) is 48.0 Å². The highest BCUT2D eigenvalue weighted by Gasteiger charge is 2.42. The van der Waals surface area contributed by atoms with Crippen LogP contribution in [0.4, 0.5) is 11.4 Å². The highest BCUT2D eigenvalue weighted by molar-refractivity contribution is 6.00.